The first-order valence-corrected chi connectivity index (χ1v) is 7.10. The second-order valence-electron chi connectivity index (χ2n) is 4.95. The highest BCUT2D eigenvalue weighted by Gasteiger charge is 2.11. The Balaban J connectivity index is 1.78. The summed E-state index contributed by atoms with van der Waals surface area (Å²) in [5.41, 5.74) is 2.59. The number of fused-ring (bicyclic) bond motifs is 1. The molecule has 0 aliphatic carbocycles. The summed E-state index contributed by atoms with van der Waals surface area (Å²) in [6.07, 6.45) is 4.08. The maximum atomic E-state index is 10.0. The Bertz CT molecular complexity index is 703. The van der Waals surface area contributed by atoms with Gasteiger partial charge in [0.15, 0.2) is 0 Å². The van der Waals surface area contributed by atoms with Crippen LogP contribution in [0.1, 0.15) is 30.7 Å². The second-order valence-corrected chi connectivity index (χ2v) is 4.95. The SMILES string of the molecule is CC[C@H](O)c1ccccc1OCc1cn2ccccc2n1. The number of benzene rings is 1. The topological polar surface area (TPSA) is 46.8 Å². The van der Waals surface area contributed by atoms with E-state index >= 15 is 0 Å². The van der Waals surface area contributed by atoms with Crippen molar-refractivity contribution in [3.8, 4) is 5.75 Å². The van der Waals surface area contributed by atoms with Crippen molar-refractivity contribution in [2.45, 2.75) is 26.1 Å². The number of nitrogens with zero attached hydrogens (tertiary/aromatic N) is 2. The minimum atomic E-state index is -0.498. The fourth-order valence-electron chi connectivity index (χ4n) is 2.32. The Morgan fingerprint density at radius 2 is 2.00 bits per heavy atom. The van der Waals surface area contributed by atoms with Crippen molar-refractivity contribution in [1.29, 1.82) is 0 Å². The van der Waals surface area contributed by atoms with Crippen molar-refractivity contribution >= 4 is 5.65 Å². The van der Waals surface area contributed by atoms with Crippen LogP contribution in [0.3, 0.4) is 0 Å². The Hall–Kier alpha value is -2.33. The molecule has 0 fully saturated rings. The highest BCUT2D eigenvalue weighted by molar-refractivity contribution is 5.39. The normalized spacial score (nSPS) is 12.5. The Morgan fingerprint density at radius 3 is 2.81 bits per heavy atom. The molecule has 0 unspecified atom stereocenters. The molecule has 3 rings (SSSR count). The van der Waals surface area contributed by atoms with E-state index in [1.54, 1.807) is 0 Å². The predicted molar refractivity (Wildman–Crippen MR) is 81.2 cm³/mol. The van der Waals surface area contributed by atoms with E-state index in [1.165, 1.54) is 0 Å². The third-order valence-electron chi connectivity index (χ3n) is 3.45. The van der Waals surface area contributed by atoms with Crippen LogP contribution in [0.25, 0.3) is 5.65 Å². The van der Waals surface area contributed by atoms with Gasteiger partial charge in [-0.05, 0) is 24.6 Å². The molecule has 0 saturated heterocycles. The van der Waals surface area contributed by atoms with Gasteiger partial charge in [0.25, 0.3) is 0 Å². The van der Waals surface area contributed by atoms with E-state index in [2.05, 4.69) is 4.98 Å². The number of imidazole rings is 1. The third kappa shape index (κ3) is 2.90. The van der Waals surface area contributed by atoms with Gasteiger partial charge in [0.1, 0.15) is 18.0 Å². The van der Waals surface area contributed by atoms with E-state index in [0.717, 1.165) is 16.9 Å². The largest absolute Gasteiger partial charge is 0.487 e. The van der Waals surface area contributed by atoms with Crippen LogP contribution in [0.15, 0.2) is 54.9 Å². The van der Waals surface area contributed by atoms with Crippen LogP contribution in [0.5, 0.6) is 5.75 Å². The minimum absolute atomic E-state index is 0.384. The summed E-state index contributed by atoms with van der Waals surface area (Å²) in [7, 11) is 0. The summed E-state index contributed by atoms with van der Waals surface area (Å²) in [5.74, 6) is 0.712. The molecule has 4 nitrogen and oxygen atoms in total. The van der Waals surface area contributed by atoms with Crippen molar-refractivity contribution in [3.05, 3.63) is 66.1 Å². The van der Waals surface area contributed by atoms with Gasteiger partial charge in [0.05, 0.1) is 11.8 Å². The molecule has 1 atom stereocenters. The van der Waals surface area contributed by atoms with Crippen LogP contribution in [-0.2, 0) is 6.61 Å². The van der Waals surface area contributed by atoms with Crippen molar-refractivity contribution in [2.75, 3.05) is 0 Å². The van der Waals surface area contributed by atoms with Gasteiger partial charge in [0, 0.05) is 18.0 Å². The van der Waals surface area contributed by atoms with Gasteiger partial charge in [-0.25, -0.2) is 4.98 Å². The van der Waals surface area contributed by atoms with Crippen LogP contribution in [0.4, 0.5) is 0 Å². The number of aliphatic hydroxyl groups excluding tert-OH is 1. The Morgan fingerprint density at radius 1 is 1.19 bits per heavy atom. The van der Waals surface area contributed by atoms with Crippen molar-refractivity contribution in [2.24, 2.45) is 0 Å². The highest BCUT2D eigenvalue weighted by atomic mass is 16.5. The lowest BCUT2D eigenvalue weighted by atomic mass is 10.1. The van der Waals surface area contributed by atoms with Crippen LogP contribution in [-0.4, -0.2) is 14.5 Å². The Labute approximate surface area is 123 Å². The van der Waals surface area contributed by atoms with Crippen LogP contribution in [0, 0.1) is 0 Å². The summed E-state index contributed by atoms with van der Waals surface area (Å²) in [5, 5.41) is 10.0. The molecule has 0 aliphatic rings. The molecule has 108 valence electrons. The van der Waals surface area contributed by atoms with Crippen molar-refractivity contribution in [3.63, 3.8) is 0 Å². The summed E-state index contributed by atoms with van der Waals surface area (Å²) >= 11 is 0. The van der Waals surface area contributed by atoms with E-state index in [9.17, 15) is 5.11 Å². The summed E-state index contributed by atoms with van der Waals surface area (Å²) in [6.45, 7) is 2.33. The van der Waals surface area contributed by atoms with Crippen molar-refractivity contribution < 1.29 is 9.84 Å². The first-order valence-electron chi connectivity index (χ1n) is 7.10. The lowest BCUT2D eigenvalue weighted by molar-refractivity contribution is 0.166. The molecule has 2 heterocycles. The lowest BCUT2D eigenvalue weighted by Gasteiger charge is -2.14. The molecule has 0 radical (unpaired) electrons. The monoisotopic (exact) mass is 282 g/mol. The quantitative estimate of drug-likeness (QED) is 0.780. The van der Waals surface area contributed by atoms with Gasteiger partial charge in [0.2, 0.25) is 0 Å². The Kier molecular flexibility index (Phi) is 3.88. The van der Waals surface area contributed by atoms with Gasteiger partial charge >= 0.3 is 0 Å². The van der Waals surface area contributed by atoms with E-state index in [4.69, 9.17) is 4.74 Å². The van der Waals surface area contributed by atoms with E-state index in [1.807, 2.05) is 66.2 Å². The van der Waals surface area contributed by atoms with Crippen molar-refractivity contribution in [1.82, 2.24) is 9.38 Å². The number of ether oxygens (including phenoxy) is 1. The molecule has 0 bridgehead atoms. The molecule has 2 aromatic heterocycles. The third-order valence-corrected chi connectivity index (χ3v) is 3.45. The number of aliphatic hydroxyl groups is 1. The highest BCUT2D eigenvalue weighted by Crippen LogP contribution is 2.27. The van der Waals surface area contributed by atoms with E-state index in [0.29, 0.717) is 18.8 Å². The maximum absolute atomic E-state index is 10.0. The van der Waals surface area contributed by atoms with Crippen LogP contribution in [0.2, 0.25) is 0 Å². The molecule has 0 aliphatic heterocycles. The molecule has 21 heavy (non-hydrogen) atoms. The number of rotatable bonds is 5. The minimum Gasteiger partial charge on any atom is -0.487 e. The fourth-order valence-corrected chi connectivity index (χ4v) is 2.32. The molecule has 4 heteroatoms. The molecule has 0 spiro atoms. The molecule has 0 saturated carbocycles. The maximum Gasteiger partial charge on any atom is 0.137 e. The molecule has 3 aromatic rings. The molecular weight excluding hydrogens is 264 g/mol. The molecular formula is C17H18N2O2. The average Bonchev–Trinajstić information content (AvgIpc) is 2.95. The van der Waals surface area contributed by atoms with E-state index in [-0.39, 0.29) is 0 Å². The zero-order valence-corrected chi connectivity index (χ0v) is 11.9. The van der Waals surface area contributed by atoms with Gasteiger partial charge < -0.3 is 14.2 Å². The zero-order valence-electron chi connectivity index (χ0n) is 11.9. The van der Waals surface area contributed by atoms with Crippen LogP contribution >= 0.6 is 0 Å². The predicted octanol–water partition coefficient (Wildman–Crippen LogP) is 3.36. The van der Waals surface area contributed by atoms with Gasteiger partial charge in [-0.3, -0.25) is 0 Å². The van der Waals surface area contributed by atoms with Gasteiger partial charge in [-0.1, -0.05) is 31.2 Å². The molecule has 1 aromatic carbocycles. The van der Waals surface area contributed by atoms with Crippen LogP contribution < -0.4 is 4.74 Å². The lowest BCUT2D eigenvalue weighted by Crippen LogP contribution is -2.02. The number of para-hydroxylation sites is 1. The van der Waals surface area contributed by atoms with Gasteiger partial charge in [-0.2, -0.15) is 0 Å². The number of hydrogen-bond acceptors (Lipinski definition) is 3. The first-order chi connectivity index (χ1) is 10.3. The standard InChI is InChI=1S/C17H18N2O2/c1-2-15(20)14-7-3-4-8-16(14)21-12-13-11-19-10-6-5-9-17(19)18-13/h3-11,15,20H,2,12H2,1H3/t15-/m0/s1. The zero-order chi connectivity index (χ0) is 14.7. The first kappa shape index (κ1) is 13.6. The molecule has 0 amide bonds. The molecule has 1 N–H and O–H groups in total. The summed E-state index contributed by atoms with van der Waals surface area (Å²) in [4.78, 5) is 4.50. The van der Waals surface area contributed by atoms with Gasteiger partial charge in [-0.15, -0.1) is 0 Å². The average molecular weight is 282 g/mol. The number of hydrogen-bond donors (Lipinski definition) is 1. The summed E-state index contributed by atoms with van der Waals surface area (Å²) < 4.78 is 7.80. The number of pyridine rings is 1. The number of aromatic nitrogens is 2. The second kappa shape index (κ2) is 5.97. The smallest absolute Gasteiger partial charge is 0.137 e. The summed E-state index contributed by atoms with van der Waals surface area (Å²) in [6, 6.07) is 13.5. The van der Waals surface area contributed by atoms with E-state index < -0.39 is 6.10 Å². The fraction of sp³-hybridized carbons (Fsp3) is 0.235.